The summed E-state index contributed by atoms with van der Waals surface area (Å²) < 4.78 is 40.7. The van der Waals surface area contributed by atoms with Crippen LogP contribution in [-0.4, -0.2) is 14.7 Å². The predicted molar refractivity (Wildman–Crippen MR) is 76.9 cm³/mol. The van der Waals surface area contributed by atoms with Crippen LogP contribution in [0.5, 0.6) is 0 Å². The van der Waals surface area contributed by atoms with Crippen molar-refractivity contribution in [3.8, 4) is 5.69 Å². The Hall–Kier alpha value is -2.09. The van der Waals surface area contributed by atoms with E-state index in [1.165, 1.54) is 18.2 Å². The molecule has 0 unspecified atom stereocenters. The van der Waals surface area contributed by atoms with Crippen LogP contribution in [0.25, 0.3) is 5.69 Å². The fourth-order valence-electron chi connectivity index (χ4n) is 2.87. The molecule has 0 N–H and O–H groups in total. The number of rotatable bonds is 2. The highest BCUT2D eigenvalue weighted by Crippen LogP contribution is 2.39. The Kier molecular flexibility index (Phi) is 3.79. The monoisotopic (exact) mass is 345 g/mol. The first-order chi connectivity index (χ1) is 10.8. The van der Waals surface area contributed by atoms with E-state index >= 15 is 0 Å². The molecular formula is C14H11ClF3N3O2. The molecule has 0 fully saturated rings. The first kappa shape index (κ1) is 15.8. The SMILES string of the molecule is O=[N+]([O-])c1cccc(Cl)c1-n1nc(C(F)(F)F)c2c1CCCC2. The van der Waals surface area contributed by atoms with Crippen LogP contribution in [0, 0.1) is 10.1 Å². The van der Waals surface area contributed by atoms with E-state index in [9.17, 15) is 23.3 Å². The molecule has 1 aromatic heterocycles. The molecule has 1 aliphatic rings. The lowest BCUT2D eigenvalue weighted by Gasteiger charge is -2.15. The molecule has 0 saturated carbocycles. The highest BCUT2D eigenvalue weighted by molar-refractivity contribution is 6.32. The molecule has 122 valence electrons. The lowest BCUT2D eigenvalue weighted by atomic mass is 9.95. The second kappa shape index (κ2) is 5.52. The first-order valence-electron chi connectivity index (χ1n) is 6.92. The summed E-state index contributed by atoms with van der Waals surface area (Å²) in [5.41, 5.74) is -1.02. The molecule has 3 rings (SSSR count). The Balaban J connectivity index is 2.30. The smallest absolute Gasteiger partial charge is 0.258 e. The fourth-order valence-corrected chi connectivity index (χ4v) is 3.12. The second-order valence-corrected chi connectivity index (χ2v) is 5.66. The van der Waals surface area contributed by atoms with Gasteiger partial charge in [-0.25, -0.2) is 4.68 Å². The molecule has 1 aromatic carbocycles. The van der Waals surface area contributed by atoms with Gasteiger partial charge in [-0.1, -0.05) is 17.7 Å². The maximum Gasteiger partial charge on any atom is 0.435 e. The quantitative estimate of drug-likeness (QED) is 0.601. The van der Waals surface area contributed by atoms with Crippen LogP contribution in [0.3, 0.4) is 0 Å². The molecule has 0 aliphatic heterocycles. The van der Waals surface area contributed by atoms with Gasteiger partial charge in [-0.3, -0.25) is 10.1 Å². The first-order valence-corrected chi connectivity index (χ1v) is 7.29. The topological polar surface area (TPSA) is 61.0 Å². The molecule has 1 heterocycles. The van der Waals surface area contributed by atoms with Gasteiger partial charge in [-0.2, -0.15) is 18.3 Å². The summed E-state index contributed by atoms with van der Waals surface area (Å²) in [6, 6.07) is 3.98. The Bertz CT molecular complexity index is 786. The largest absolute Gasteiger partial charge is 0.435 e. The number of hydrogen-bond acceptors (Lipinski definition) is 3. The third-order valence-electron chi connectivity index (χ3n) is 3.82. The van der Waals surface area contributed by atoms with Crippen molar-refractivity contribution in [3.63, 3.8) is 0 Å². The average Bonchev–Trinajstić information content (AvgIpc) is 2.86. The van der Waals surface area contributed by atoms with Gasteiger partial charge in [0, 0.05) is 17.3 Å². The average molecular weight is 346 g/mol. The number of aromatic nitrogens is 2. The summed E-state index contributed by atoms with van der Waals surface area (Å²) in [7, 11) is 0. The van der Waals surface area contributed by atoms with Crippen LogP contribution < -0.4 is 0 Å². The molecule has 5 nitrogen and oxygen atoms in total. The Morgan fingerprint density at radius 1 is 1.26 bits per heavy atom. The van der Waals surface area contributed by atoms with Crippen molar-refractivity contribution in [3.05, 3.63) is 50.3 Å². The number of benzene rings is 1. The van der Waals surface area contributed by atoms with Crippen molar-refractivity contribution in [2.75, 3.05) is 0 Å². The van der Waals surface area contributed by atoms with E-state index in [4.69, 9.17) is 11.6 Å². The normalized spacial score (nSPS) is 14.6. The van der Waals surface area contributed by atoms with E-state index in [-0.39, 0.29) is 28.4 Å². The zero-order valence-corrected chi connectivity index (χ0v) is 12.5. The van der Waals surface area contributed by atoms with Gasteiger partial charge in [0.2, 0.25) is 0 Å². The van der Waals surface area contributed by atoms with Crippen molar-refractivity contribution in [1.82, 2.24) is 9.78 Å². The van der Waals surface area contributed by atoms with Crippen LogP contribution in [0.1, 0.15) is 29.8 Å². The summed E-state index contributed by atoms with van der Waals surface area (Å²) in [4.78, 5) is 10.5. The van der Waals surface area contributed by atoms with E-state index in [1.807, 2.05) is 0 Å². The molecule has 2 aromatic rings. The van der Waals surface area contributed by atoms with Crippen LogP contribution in [-0.2, 0) is 19.0 Å². The van der Waals surface area contributed by atoms with Crippen molar-refractivity contribution in [2.45, 2.75) is 31.9 Å². The molecule has 0 atom stereocenters. The van der Waals surface area contributed by atoms with Gasteiger partial charge < -0.3 is 0 Å². The van der Waals surface area contributed by atoms with Crippen LogP contribution >= 0.6 is 11.6 Å². The van der Waals surface area contributed by atoms with Gasteiger partial charge in [-0.05, 0) is 31.7 Å². The molecule has 1 aliphatic carbocycles. The summed E-state index contributed by atoms with van der Waals surface area (Å²) in [5, 5.41) is 14.8. The Morgan fingerprint density at radius 2 is 1.96 bits per heavy atom. The minimum atomic E-state index is -4.61. The maximum absolute atomic E-state index is 13.2. The molecule has 0 saturated heterocycles. The number of nitrogens with zero attached hydrogens (tertiary/aromatic N) is 3. The van der Waals surface area contributed by atoms with E-state index in [2.05, 4.69) is 5.10 Å². The van der Waals surface area contributed by atoms with E-state index < -0.39 is 16.8 Å². The Morgan fingerprint density at radius 3 is 2.61 bits per heavy atom. The van der Waals surface area contributed by atoms with E-state index in [0.717, 1.165) is 4.68 Å². The molecule has 0 spiro atoms. The number of alkyl halides is 3. The van der Waals surface area contributed by atoms with Crippen LogP contribution in [0.15, 0.2) is 18.2 Å². The van der Waals surface area contributed by atoms with E-state index in [0.29, 0.717) is 25.0 Å². The molecule has 0 amide bonds. The van der Waals surface area contributed by atoms with Crippen molar-refractivity contribution in [1.29, 1.82) is 0 Å². The third-order valence-corrected chi connectivity index (χ3v) is 4.13. The summed E-state index contributed by atoms with van der Waals surface area (Å²) in [6.45, 7) is 0. The number of hydrogen-bond donors (Lipinski definition) is 0. The van der Waals surface area contributed by atoms with E-state index in [1.54, 1.807) is 0 Å². The number of para-hydroxylation sites is 1. The minimum Gasteiger partial charge on any atom is -0.258 e. The van der Waals surface area contributed by atoms with Crippen molar-refractivity contribution >= 4 is 17.3 Å². The third kappa shape index (κ3) is 2.67. The molecule has 0 radical (unpaired) electrons. The minimum absolute atomic E-state index is 0.0104. The lowest BCUT2D eigenvalue weighted by molar-refractivity contribution is -0.384. The van der Waals surface area contributed by atoms with Crippen LogP contribution in [0.2, 0.25) is 5.02 Å². The molecule has 23 heavy (non-hydrogen) atoms. The maximum atomic E-state index is 13.2. The number of nitro benzene ring substituents is 1. The molecule has 9 heteroatoms. The standard InChI is InChI=1S/C14H11ClF3N3O2/c15-9-5-3-7-11(21(22)23)12(9)20-10-6-2-1-4-8(10)13(19-20)14(16,17)18/h3,5,7H,1-2,4,6H2. The number of halogens is 4. The Labute approximate surface area is 133 Å². The van der Waals surface area contributed by atoms with Gasteiger partial charge in [0.05, 0.1) is 9.95 Å². The summed E-state index contributed by atoms with van der Waals surface area (Å²) in [5.74, 6) is 0. The number of fused-ring (bicyclic) bond motifs is 1. The van der Waals surface area contributed by atoms with Gasteiger partial charge in [0.25, 0.3) is 5.69 Å². The highest BCUT2D eigenvalue weighted by Gasteiger charge is 2.40. The van der Waals surface area contributed by atoms with Crippen molar-refractivity contribution in [2.24, 2.45) is 0 Å². The highest BCUT2D eigenvalue weighted by atomic mass is 35.5. The van der Waals surface area contributed by atoms with Gasteiger partial charge in [0.15, 0.2) is 11.4 Å². The summed E-state index contributed by atoms with van der Waals surface area (Å²) >= 11 is 6.03. The summed E-state index contributed by atoms with van der Waals surface area (Å²) in [6.07, 6.45) is -2.65. The zero-order valence-electron chi connectivity index (χ0n) is 11.7. The predicted octanol–water partition coefficient (Wildman–Crippen LogP) is 4.33. The van der Waals surface area contributed by atoms with Crippen LogP contribution in [0.4, 0.5) is 18.9 Å². The zero-order chi connectivity index (χ0) is 16.8. The second-order valence-electron chi connectivity index (χ2n) is 5.26. The fraction of sp³-hybridized carbons (Fsp3) is 0.357. The molecular weight excluding hydrogens is 335 g/mol. The number of nitro groups is 1. The van der Waals surface area contributed by atoms with Crippen molar-refractivity contribution < 1.29 is 18.1 Å². The lowest BCUT2D eigenvalue weighted by Crippen LogP contribution is -2.11. The van der Waals surface area contributed by atoms with Gasteiger partial charge >= 0.3 is 6.18 Å². The van der Waals surface area contributed by atoms with Gasteiger partial charge in [0.1, 0.15) is 0 Å². The molecule has 0 bridgehead atoms. The van der Waals surface area contributed by atoms with Gasteiger partial charge in [-0.15, -0.1) is 0 Å².